The highest BCUT2D eigenvalue weighted by atomic mass is 32.1. The molecule has 11 aromatic rings. The second kappa shape index (κ2) is 14.1. The first kappa shape index (κ1) is 33.5. The van der Waals surface area contributed by atoms with Crippen molar-refractivity contribution in [1.82, 2.24) is 0 Å². The second-order valence-corrected chi connectivity index (χ2v) is 16.6. The van der Waals surface area contributed by atoms with Crippen molar-refractivity contribution in [3.05, 3.63) is 212 Å². The van der Waals surface area contributed by atoms with Gasteiger partial charge in [-0.3, -0.25) is 0 Å². The van der Waals surface area contributed by atoms with Crippen molar-refractivity contribution >= 4 is 80.1 Å². The van der Waals surface area contributed by atoms with Crippen molar-refractivity contribution in [3.8, 4) is 44.5 Å². The van der Waals surface area contributed by atoms with Crippen LogP contribution < -0.4 is 4.90 Å². The van der Waals surface area contributed by atoms with Gasteiger partial charge in [0, 0.05) is 63.0 Å². The number of thiophene rings is 2. The first-order valence-corrected chi connectivity index (χ1v) is 21.0. The number of anilines is 3. The van der Waals surface area contributed by atoms with Gasteiger partial charge in [-0.05, 0) is 99.6 Å². The molecule has 2 aromatic heterocycles. The minimum absolute atomic E-state index is 1.11. The molecule has 0 bridgehead atoms. The SMILES string of the molecule is c1ccc(-c2ccc(N(c3ccc(-c4ccccc4)cc3)c3ccc(-c4cc(-c5cccc6c5sc5ccccc56)cc5c4sc4ccccc45)cc3)cc2)cc1. The molecule has 0 aliphatic carbocycles. The summed E-state index contributed by atoms with van der Waals surface area (Å²) in [6.45, 7) is 0. The van der Waals surface area contributed by atoms with Gasteiger partial charge in [0.05, 0.1) is 0 Å². The van der Waals surface area contributed by atoms with Crippen LogP contribution in [0.1, 0.15) is 0 Å². The molecule has 268 valence electrons. The molecule has 0 atom stereocenters. The molecule has 0 spiro atoms. The highest BCUT2D eigenvalue weighted by Gasteiger charge is 2.18. The minimum atomic E-state index is 1.11. The van der Waals surface area contributed by atoms with E-state index in [4.69, 9.17) is 0 Å². The third-order valence-electron chi connectivity index (χ3n) is 11.1. The lowest BCUT2D eigenvalue weighted by Crippen LogP contribution is -2.09. The van der Waals surface area contributed by atoms with Crippen molar-refractivity contribution < 1.29 is 0 Å². The van der Waals surface area contributed by atoms with Crippen LogP contribution >= 0.6 is 22.7 Å². The average molecular weight is 762 g/mol. The summed E-state index contributed by atoms with van der Waals surface area (Å²) in [6.07, 6.45) is 0. The molecule has 2 heterocycles. The molecule has 0 saturated heterocycles. The molecule has 0 fully saturated rings. The maximum Gasteiger partial charge on any atom is 0.0462 e. The van der Waals surface area contributed by atoms with Crippen LogP contribution in [0.2, 0.25) is 0 Å². The Morgan fingerprint density at radius 3 is 1.23 bits per heavy atom. The molecular formula is C54H35NS2. The van der Waals surface area contributed by atoms with Crippen LogP contribution in [0.5, 0.6) is 0 Å². The summed E-state index contributed by atoms with van der Waals surface area (Å²) in [5, 5.41) is 5.27. The number of hydrogen-bond acceptors (Lipinski definition) is 3. The summed E-state index contributed by atoms with van der Waals surface area (Å²) < 4.78 is 5.30. The van der Waals surface area contributed by atoms with Crippen molar-refractivity contribution in [1.29, 1.82) is 0 Å². The maximum absolute atomic E-state index is 2.42. The van der Waals surface area contributed by atoms with E-state index in [-0.39, 0.29) is 0 Å². The highest BCUT2D eigenvalue weighted by molar-refractivity contribution is 7.26. The molecule has 0 saturated carbocycles. The molecular weight excluding hydrogens is 727 g/mol. The predicted molar refractivity (Wildman–Crippen MR) is 249 cm³/mol. The highest BCUT2D eigenvalue weighted by Crippen LogP contribution is 2.46. The molecule has 57 heavy (non-hydrogen) atoms. The third-order valence-corrected chi connectivity index (χ3v) is 13.5. The van der Waals surface area contributed by atoms with E-state index in [1.165, 1.54) is 84.9 Å². The molecule has 0 radical (unpaired) electrons. The lowest BCUT2D eigenvalue weighted by Gasteiger charge is -2.26. The summed E-state index contributed by atoms with van der Waals surface area (Å²) >= 11 is 3.78. The summed E-state index contributed by atoms with van der Waals surface area (Å²) in [4.78, 5) is 2.36. The van der Waals surface area contributed by atoms with Crippen LogP contribution in [0, 0.1) is 0 Å². The van der Waals surface area contributed by atoms with Crippen LogP contribution in [-0.4, -0.2) is 0 Å². The number of rotatable bonds is 7. The number of fused-ring (bicyclic) bond motifs is 6. The Hall–Kier alpha value is -6.78. The molecule has 0 amide bonds. The van der Waals surface area contributed by atoms with Gasteiger partial charge in [-0.25, -0.2) is 0 Å². The Morgan fingerprint density at radius 2 is 0.684 bits per heavy atom. The molecule has 9 aromatic carbocycles. The van der Waals surface area contributed by atoms with Gasteiger partial charge in [-0.1, -0.05) is 152 Å². The van der Waals surface area contributed by atoms with E-state index in [9.17, 15) is 0 Å². The topological polar surface area (TPSA) is 3.24 Å². The van der Waals surface area contributed by atoms with E-state index < -0.39 is 0 Å². The lowest BCUT2D eigenvalue weighted by molar-refractivity contribution is 1.28. The quantitative estimate of drug-likeness (QED) is 0.156. The molecule has 0 N–H and O–H groups in total. The van der Waals surface area contributed by atoms with Crippen LogP contribution in [0.3, 0.4) is 0 Å². The van der Waals surface area contributed by atoms with Gasteiger partial charge in [0.2, 0.25) is 0 Å². The molecule has 3 heteroatoms. The van der Waals surface area contributed by atoms with E-state index in [1.54, 1.807) is 0 Å². The lowest BCUT2D eigenvalue weighted by atomic mass is 9.95. The standard InChI is InChI=1S/C54H35NS2/c1-3-12-36(13-4-1)38-22-28-42(29-23-38)55(43-30-24-39(25-31-43)37-14-5-2-6-15-37)44-32-26-40(27-33-44)49-34-41(35-50-47-17-8-10-21-52(47)57-54(49)50)45-18-11-19-48-46-16-7-9-20-51(46)56-53(45)48/h1-35H. The van der Waals surface area contributed by atoms with E-state index in [0.717, 1.165) is 17.1 Å². The fraction of sp³-hybridized carbons (Fsp3) is 0. The smallest absolute Gasteiger partial charge is 0.0462 e. The zero-order valence-electron chi connectivity index (χ0n) is 31.0. The minimum Gasteiger partial charge on any atom is -0.311 e. The van der Waals surface area contributed by atoms with Crippen molar-refractivity contribution in [3.63, 3.8) is 0 Å². The second-order valence-electron chi connectivity index (χ2n) is 14.5. The molecule has 11 rings (SSSR count). The Labute approximate surface area is 340 Å². The van der Waals surface area contributed by atoms with Gasteiger partial charge in [-0.2, -0.15) is 0 Å². The Morgan fingerprint density at radius 1 is 0.263 bits per heavy atom. The molecule has 1 nitrogen and oxygen atoms in total. The van der Waals surface area contributed by atoms with Crippen LogP contribution in [0.4, 0.5) is 17.1 Å². The first-order valence-electron chi connectivity index (χ1n) is 19.3. The van der Waals surface area contributed by atoms with Crippen LogP contribution in [-0.2, 0) is 0 Å². The normalized spacial score (nSPS) is 11.5. The van der Waals surface area contributed by atoms with E-state index in [1.807, 2.05) is 22.7 Å². The van der Waals surface area contributed by atoms with Crippen molar-refractivity contribution in [2.24, 2.45) is 0 Å². The fourth-order valence-electron chi connectivity index (χ4n) is 8.28. The zero-order valence-corrected chi connectivity index (χ0v) is 32.6. The van der Waals surface area contributed by atoms with Gasteiger partial charge in [0.25, 0.3) is 0 Å². The average Bonchev–Trinajstić information content (AvgIpc) is 3.86. The van der Waals surface area contributed by atoms with Gasteiger partial charge in [-0.15, -0.1) is 22.7 Å². The molecule has 0 aliphatic rings. The summed E-state index contributed by atoms with van der Waals surface area (Å²) in [6, 6.07) is 77.5. The van der Waals surface area contributed by atoms with Crippen molar-refractivity contribution in [2.45, 2.75) is 0 Å². The first-order chi connectivity index (χ1) is 28.2. The van der Waals surface area contributed by atoms with E-state index >= 15 is 0 Å². The fourth-order valence-corrected chi connectivity index (χ4v) is 10.7. The van der Waals surface area contributed by atoms with E-state index in [0.29, 0.717) is 0 Å². The van der Waals surface area contributed by atoms with Crippen molar-refractivity contribution in [2.75, 3.05) is 4.90 Å². The van der Waals surface area contributed by atoms with E-state index in [2.05, 4.69) is 217 Å². The molecule has 0 aliphatic heterocycles. The Bertz CT molecular complexity index is 3110. The number of hydrogen-bond donors (Lipinski definition) is 0. The van der Waals surface area contributed by atoms with Gasteiger partial charge >= 0.3 is 0 Å². The third kappa shape index (κ3) is 6.00. The molecule has 0 unspecified atom stereocenters. The maximum atomic E-state index is 2.42. The zero-order chi connectivity index (χ0) is 37.7. The Kier molecular flexibility index (Phi) is 8.28. The number of nitrogens with zero attached hydrogens (tertiary/aromatic N) is 1. The summed E-state index contributed by atoms with van der Waals surface area (Å²) in [7, 11) is 0. The summed E-state index contributed by atoms with van der Waals surface area (Å²) in [5.74, 6) is 0. The van der Waals surface area contributed by atoms with Gasteiger partial charge in [0.15, 0.2) is 0 Å². The van der Waals surface area contributed by atoms with Gasteiger partial charge < -0.3 is 4.90 Å². The predicted octanol–water partition coefficient (Wildman–Crippen LogP) is 16.6. The largest absolute Gasteiger partial charge is 0.311 e. The monoisotopic (exact) mass is 761 g/mol. The number of benzene rings is 9. The van der Waals surface area contributed by atoms with Crippen LogP contribution in [0.25, 0.3) is 84.9 Å². The van der Waals surface area contributed by atoms with Gasteiger partial charge in [0.1, 0.15) is 0 Å². The Balaban J connectivity index is 1.04. The summed E-state index contributed by atoms with van der Waals surface area (Å²) in [5.41, 5.74) is 13.2. The van der Waals surface area contributed by atoms with Crippen LogP contribution in [0.15, 0.2) is 212 Å².